The third-order valence-corrected chi connectivity index (χ3v) is 2.78. The monoisotopic (exact) mass is 139 g/mol. The minimum atomic E-state index is 0.0347. The number of imide groups is 1. The zero-order chi connectivity index (χ0) is 7.30. The Morgan fingerprint density at radius 3 is 2.60 bits per heavy atom. The summed E-state index contributed by atoms with van der Waals surface area (Å²) in [6.45, 7) is 2.03. The van der Waals surface area contributed by atoms with Crippen LogP contribution in [0.5, 0.6) is 0 Å². The van der Waals surface area contributed by atoms with Crippen LogP contribution in [0.4, 0.5) is 0 Å². The van der Waals surface area contributed by atoms with Crippen molar-refractivity contribution in [2.24, 2.45) is 11.8 Å². The molecule has 10 heavy (non-hydrogen) atoms. The molecule has 0 aromatic rings. The first kappa shape index (κ1) is 5.89. The first-order valence-corrected chi connectivity index (χ1v) is 3.53. The third kappa shape index (κ3) is 0.426. The van der Waals surface area contributed by atoms with Crippen molar-refractivity contribution in [2.45, 2.75) is 19.4 Å². The Morgan fingerprint density at radius 2 is 2.40 bits per heavy atom. The van der Waals surface area contributed by atoms with E-state index in [1.165, 1.54) is 4.90 Å². The molecular weight excluding hydrogens is 130 g/mol. The molecule has 3 fully saturated rings. The molecule has 2 aliphatic heterocycles. The van der Waals surface area contributed by atoms with Gasteiger partial charge in [-0.2, -0.15) is 0 Å². The molecule has 0 spiro atoms. The van der Waals surface area contributed by atoms with Gasteiger partial charge in [-0.3, -0.25) is 14.5 Å². The van der Waals surface area contributed by atoms with Crippen molar-refractivity contribution < 1.29 is 9.59 Å². The average Bonchev–Trinajstić information content (AvgIpc) is 2.36. The van der Waals surface area contributed by atoms with Crippen molar-refractivity contribution in [3.05, 3.63) is 0 Å². The average molecular weight is 139 g/mol. The number of amides is 2. The lowest BCUT2D eigenvalue weighted by Crippen LogP contribution is -2.36. The highest BCUT2D eigenvalue weighted by atomic mass is 16.2. The highest BCUT2D eigenvalue weighted by Crippen LogP contribution is 2.45. The van der Waals surface area contributed by atoms with Crippen LogP contribution in [0.2, 0.25) is 0 Å². The van der Waals surface area contributed by atoms with Crippen molar-refractivity contribution in [1.29, 1.82) is 0 Å². The fraction of sp³-hybridized carbons (Fsp3) is 0.714. The van der Waals surface area contributed by atoms with Crippen molar-refractivity contribution >= 4 is 12.3 Å². The molecule has 54 valence electrons. The van der Waals surface area contributed by atoms with E-state index in [1.807, 2.05) is 6.92 Å². The molecule has 1 saturated carbocycles. The van der Waals surface area contributed by atoms with Gasteiger partial charge in [0.25, 0.3) is 0 Å². The van der Waals surface area contributed by atoms with Gasteiger partial charge in [0.1, 0.15) is 0 Å². The van der Waals surface area contributed by atoms with Gasteiger partial charge in [-0.15, -0.1) is 0 Å². The van der Waals surface area contributed by atoms with E-state index >= 15 is 0 Å². The smallest absolute Gasteiger partial charge is 0.232 e. The molecule has 3 aliphatic rings. The summed E-state index contributed by atoms with van der Waals surface area (Å²) >= 11 is 0. The second kappa shape index (κ2) is 1.59. The molecule has 2 saturated heterocycles. The van der Waals surface area contributed by atoms with Crippen LogP contribution < -0.4 is 0 Å². The molecule has 3 heteroatoms. The lowest BCUT2D eigenvalue weighted by molar-refractivity contribution is -0.135. The summed E-state index contributed by atoms with van der Waals surface area (Å²) in [4.78, 5) is 22.7. The van der Waals surface area contributed by atoms with Crippen molar-refractivity contribution in [3.8, 4) is 0 Å². The van der Waals surface area contributed by atoms with Crippen LogP contribution in [-0.2, 0) is 9.59 Å². The van der Waals surface area contributed by atoms with E-state index in [9.17, 15) is 9.59 Å². The van der Waals surface area contributed by atoms with E-state index in [0.29, 0.717) is 12.3 Å². The Hall–Kier alpha value is -0.860. The van der Waals surface area contributed by atoms with E-state index < -0.39 is 0 Å². The number of fused-ring (bicyclic) bond motifs is 1. The summed E-state index contributed by atoms with van der Waals surface area (Å²) in [5, 5.41) is 0. The fourth-order valence-electron chi connectivity index (χ4n) is 1.94. The zero-order valence-corrected chi connectivity index (χ0v) is 5.78. The minimum Gasteiger partial charge on any atom is -0.282 e. The van der Waals surface area contributed by atoms with Crippen LogP contribution in [0.25, 0.3) is 0 Å². The van der Waals surface area contributed by atoms with Gasteiger partial charge in [-0.25, -0.2) is 0 Å². The second-order valence-corrected chi connectivity index (χ2v) is 3.12. The quantitative estimate of drug-likeness (QED) is 0.480. The van der Waals surface area contributed by atoms with Crippen molar-refractivity contribution in [2.75, 3.05) is 0 Å². The lowest BCUT2D eigenvalue weighted by atomic mass is 9.75. The van der Waals surface area contributed by atoms with Gasteiger partial charge in [0.15, 0.2) is 0 Å². The van der Waals surface area contributed by atoms with Gasteiger partial charge in [0.05, 0.1) is 0 Å². The Balaban J connectivity index is 2.27. The molecule has 3 nitrogen and oxygen atoms in total. The van der Waals surface area contributed by atoms with Crippen LogP contribution in [-0.4, -0.2) is 23.3 Å². The topological polar surface area (TPSA) is 37.4 Å². The Labute approximate surface area is 59.0 Å². The molecule has 0 N–H and O–H groups in total. The van der Waals surface area contributed by atoms with Crippen LogP contribution in [0.3, 0.4) is 0 Å². The van der Waals surface area contributed by atoms with E-state index in [-0.39, 0.29) is 17.9 Å². The maximum Gasteiger partial charge on any atom is 0.232 e. The molecule has 2 bridgehead atoms. The summed E-state index contributed by atoms with van der Waals surface area (Å²) < 4.78 is 0. The summed E-state index contributed by atoms with van der Waals surface area (Å²) in [7, 11) is 0. The maximum absolute atomic E-state index is 11.1. The first-order chi connectivity index (χ1) is 4.75. The highest BCUT2D eigenvalue weighted by molar-refractivity contribution is 5.93. The van der Waals surface area contributed by atoms with Crippen LogP contribution in [0.15, 0.2) is 0 Å². The van der Waals surface area contributed by atoms with Crippen molar-refractivity contribution in [1.82, 2.24) is 4.90 Å². The van der Waals surface area contributed by atoms with Crippen LogP contribution in [0, 0.1) is 11.8 Å². The van der Waals surface area contributed by atoms with E-state index in [1.54, 1.807) is 0 Å². The molecule has 3 atom stereocenters. The summed E-state index contributed by atoms with van der Waals surface area (Å²) in [5.74, 6) is 0.611. The predicted octanol–water partition coefficient (Wildman–Crippen LogP) is 0.00960. The second-order valence-electron chi connectivity index (χ2n) is 3.12. The summed E-state index contributed by atoms with van der Waals surface area (Å²) in [5.41, 5.74) is 0. The Morgan fingerprint density at radius 1 is 1.70 bits per heavy atom. The number of hydrogen-bond acceptors (Lipinski definition) is 2. The lowest BCUT2D eigenvalue weighted by Gasteiger charge is -2.30. The van der Waals surface area contributed by atoms with E-state index in [2.05, 4.69) is 0 Å². The van der Waals surface area contributed by atoms with Crippen LogP contribution >= 0.6 is 0 Å². The number of carbonyl (C=O) groups excluding carboxylic acids is 2. The minimum absolute atomic E-state index is 0.0347. The van der Waals surface area contributed by atoms with Gasteiger partial charge in [-0.05, 0) is 12.3 Å². The molecule has 1 aliphatic carbocycles. The van der Waals surface area contributed by atoms with Crippen molar-refractivity contribution in [3.63, 3.8) is 0 Å². The zero-order valence-electron chi connectivity index (χ0n) is 5.78. The number of nitrogens with zero attached hydrogens (tertiary/aromatic N) is 1. The van der Waals surface area contributed by atoms with Gasteiger partial charge in [-0.1, -0.05) is 6.92 Å². The number of hydrogen-bond donors (Lipinski definition) is 0. The first-order valence-electron chi connectivity index (χ1n) is 3.53. The molecule has 3 unspecified atom stereocenters. The Bertz CT molecular complexity index is 202. The highest BCUT2D eigenvalue weighted by Gasteiger charge is 2.55. The molecule has 0 radical (unpaired) electrons. The summed E-state index contributed by atoms with van der Waals surface area (Å²) in [6.07, 6.45) is 1.56. The predicted molar refractivity (Wildman–Crippen MR) is 34.0 cm³/mol. The maximum atomic E-state index is 11.1. The largest absolute Gasteiger partial charge is 0.282 e. The molecule has 0 aromatic heterocycles. The number of carbonyl (C=O) groups is 2. The summed E-state index contributed by atoms with van der Waals surface area (Å²) in [6, 6.07) is 0.231. The van der Waals surface area contributed by atoms with E-state index in [0.717, 1.165) is 6.42 Å². The molecular formula is C7H9NO2. The van der Waals surface area contributed by atoms with Gasteiger partial charge >= 0.3 is 0 Å². The standard InChI is InChI=1S/C7H9NO2/c1-4-5-2-6(4)8(3-9)7(5)10/h3-6H,2H2,1H3. The van der Waals surface area contributed by atoms with Gasteiger partial charge in [0.2, 0.25) is 12.3 Å². The van der Waals surface area contributed by atoms with E-state index in [4.69, 9.17) is 0 Å². The SMILES string of the molecule is CC1C2CC1N(C=O)C2=O. The van der Waals surface area contributed by atoms with Gasteiger partial charge < -0.3 is 0 Å². The van der Waals surface area contributed by atoms with Gasteiger partial charge in [0, 0.05) is 12.0 Å². The number of rotatable bonds is 1. The fourth-order valence-corrected chi connectivity index (χ4v) is 1.94. The molecule has 3 rings (SSSR count). The normalized spacial score (nSPS) is 43.5. The third-order valence-electron chi connectivity index (χ3n) is 2.78. The molecule has 2 amide bonds. The van der Waals surface area contributed by atoms with Crippen LogP contribution in [0.1, 0.15) is 13.3 Å². The molecule has 2 heterocycles. The molecule has 0 aromatic carbocycles. The Kier molecular flexibility index (Phi) is 0.938.